The number of nitrogens with zero attached hydrogens (tertiary/aromatic N) is 3. The molecule has 2 saturated heterocycles. The van der Waals surface area contributed by atoms with Crippen molar-refractivity contribution in [3.8, 4) is 5.75 Å². The number of aliphatic imine (C=N–C) groups is 1. The van der Waals surface area contributed by atoms with E-state index in [0.29, 0.717) is 18.5 Å². The van der Waals surface area contributed by atoms with Gasteiger partial charge in [-0.15, -0.1) is 0 Å². The van der Waals surface area contributed by atoms with Crippen LogP contribution in [0.2, 0.25) is 0 Å². The molecule has 2 aliphatic heterocycles. The molecule has 3 N–H and O–H groups in total. The van der Waals surface area contributed by atoms with E-state index in [1.807, 2.05) is 12.1 Å². The number of likely N-dealkylation sites (tertiary alicyclic amines) is 2. The van der Waals surface area contributed by atoms with Crippen LogP contribution in [0, 0.1) is 0 Å². The van der Waals surface area contributed by atoms with Gasteiger partial charge in [0.2, 0.25) is 0 Å². The first kappa shape index (κ1) is 20.0. The van der Waals surface area contributed by atoms with E-state index in [-0.39, 0.29) is 6.04 Å². The number of ether oxygens (including phenoxy) is 1. The van der Waals surface area contributed by atoms with E-state index in [9.17, 15) is 0 Å². The molecular weight excluding hydrogens is 338 g/mol. The highest BCUT2D eigenvalue weighted by atomic mass is 16.5. The SMILES string of the molecule is CCN1CCCC1CNC(N)=NCC(c1ccccc1OC)N1CCCC1. The number of methoxy groups -OCH3 is 1. The molecule has 3 rings (SSSR count). The van der Waals surface area contributed by atoms with Gasteiger partial charge in [0.25, 0.3) is 0 Å². The lowest BCUT2D eigenvalue weighted by Crippen LogP contribution is -2.43. The monoisotopic (exact) mass is 373 g/mol. The van der Waals surface area contributed by atoms with Crippen molar-refractivity contribution >= 4 is 5.96 Å². The van der Waals surface area contributed by atoms with Gasteiger partial charge in [0, 0.05) is 18.2 Å². The summed E-state index contributed by atoms with van der Waals surface area (Å²) in [7, 11) is 1.74. The quantitative estimate of drug-likeness (QED) is 0.540. The molecule has 2 atom stereocenters. The maximum atomic E-state index is 6.20. The lowest BCUT2D eigenvalue weighted by Gasteiger charge is -2.28. The number of likely N-dealkylation sites (N-methyl/N-ethyl adjacent to an activating group) is 1. The van der Waals surface area contributed by atoms with Gasteiger partial charge in [-0.3, -0.25) is 14.8 Å². The predicted molar refractivity (Wildman–Crippen MR) is 111 cm³/mol. The van der Waals surface area contributed by atoms with Gasteiger partial charge in [-0.2, -0.15) is 0 Å². The van der Waals surface area contributed by atoms with Crippen LogP contribution in [0.3, 0.4) is 0 Å². The third-order valence-electron chi connectivity index (χ3n) is 5.94. The van der Waals surface area contributed by atoms with Crippen molar-refractivity contribution in [2.75, 3.05) is 46.4 Å². The summed E-state index contributed by atoms with van der Waals surface area (Å²) < 4.78 is 5.60. The molecule has 0 radical (unpaired) electrons. The first-order valence-corrected chi connectivity index (χ1v) is 10.4. The lowest BCUT2D eigenvalue weighted by atomic mass is 10.0. The summed E-state index contributed by atoms with van der Waals surface area (Å²) in [5.74, 6) is 1.48. The Hall–Kier alpha value is -1.79. The standard InChI is InChI=1S/C21H35N5O/c1-3-25-14-8-9-17(25)15-23-21(22)24-16-19(26-12-6-7-13-26)18-10-4-5-11-20(18)27-2/h4-5,10-11,17,19H,3,6-9,12-16H2,1-2H3,(H3,22,23,24). The summed E-state index contributed by atoms with van der Waals surface area (Å²) in [6.45, 7) is 8.29. The minimum absolute atomic E-state index is 0.211. The molecule has 0 aromatic heterocycles. The summed E-state index contributed by atoms with van der Waals surface area (Å²) in [4.78, 5) is 9.72. The zero-order valence-electron chi connectivity index (χ0n) is 16.9. The maximum Gasteiger partial charge on any atom is 0.188 e. The number of rotatable bonds is 8. The van der Waals surface area contributed by atoms with Crippen molar-refractivity contribution in [2.24, 2.45) is 10.7 Å². The fraction of sp³-hybridized carbons (Fsp3) is 0.667. The first-order valence-electron chi connectivity index (χ1n) is 10.4. The topological polar surface area (TPSA) is 66.1 Å². The zero-order chi connectivity index (χ0) is 19.1. The number of para-hydroxylation sites is 1. The Labute approximate surface area is 163 Å². The molecule has 6 nitrogen and oxygen atoms in total. The van der Waals surface area contributed by atoms with E-state index in [1.165, 1.54) is 37.8 Å². The van der Waals surface area contributed by atoms with Crippen LogP contribution in [0.15, 0.2) is 29.3 Å². The number of hydrogen-bond donors (Lipinski definition) is 2. The molecule has 6 heteroatoms. The van der Waals surface area contributed by atoms with Crippen LogP contribution in [0.5, 0.6) is 5.75 Å². The highest BCUT2D eigenvalue weighted by Crippen LogP contribution is 2.31. The second-order valence-electron chi connectivity index (χ2n) is 7.53. The zero-order valence-corrected chi connectivity index (χ0v) is 16.9. The van der Waals surface area contributed by atoms with Crippen molar-refractivity contribution in [2.45, 2.75) is 44.7 Å². The van der Waals surface area contributed by atoms with Crippen molar-refractivity contribution < 1.29 is 4.74 Å². The fourth-order valence-electron chi connectivity index (χ4n) is 4.41. The highest BCUT2D eigenvalue weighted by molar-refractivity contribution is 5.77. The van der Waals surface area contributed by atoms with Gasteiger partial charge >= 0.3 is 0 Å². The van der Waals surface area contributed by atoms with Crippen LogP contribution in [0.25, 0.3) is 0 Å². The Kier molecular flexibility index (Phi) is 7.35. The van der Waals surface area contributed by atoms with Gasteiger partial charge in [0.05, 0.1) is 19.7 Å². The summed E-state index contributed by atoms with van der Waals surface area (Å²) in [5.41, 5.74) is 7.41. The maximum absolute atomic E-state index is 6.20. The van der Waals surface area contributed by atoms with Crippen molar-refractivity contribution in [3.05, 3.63) is 29.8 Å². The Balaban J connectivity index is 1.64. The molecule has 0 spiro atoms. The average molecular weight is 374 g/mol. The van der Waals surface area contributed by atoms with Gasteiger partial charge in [0.1, 0.15) is 5.75 Å². The van der Waals surface area contributed by atoms with Crippen LogP contribution < -0.4 is 15.8 Å². The molecule has 0 aliphatic carbocycles. The number of nitrogens with one attached hydrogen (secondary N) is 1. The Bertz CT molecular complexity index is 614. The molecular formula is C21H35N5O. The second kappa shape index (κ2) is 9.95. The molecule has 2 heterocycles. The first-order chi connectivity index (χ1) is 13.2. The Morgan fingerprint density at radius 3 is 2.78 bits per heavy atom. The van der Waals surface area contributed by atoms with Crippen LogP contribution in [-0.2, 0) is 0 Å². The Morgan fingerprint density at radius 1 is 1.26 bits per heavy atom. The summed E-state index contributed by atoms with van der Waals surface area (Å²) in [6, 6.07) is 9.06. The number of guanidine groups is 1. The smallest absolute Gasteiger partial charge is 0.188 e. The largest absolute Gasteiger partial charge is 0.496 e. The molecule has 0 amide bonds. The second-order valence-corrected chi connectivity index (χ2v) is 7.53. The van der Waals surface area contributed by atoms with Crippen molar-refractivity contribution in [1.82, 2.24) is 15.1 Å². The fourth-order valence-corrected chi connectivity index (χ4v) is 4.41. The van der Waals surface area contributed by atoms with E-state index in [0.717, 1.165) is 31.9 Å². The third kappa shape index (κ3) is 5.14. The van der Waals surface area contributed by atoms with E-state index in [2.05, 4.69) is 34.2 Å². The van der Waals surface area contributed by atoms with Gasteiger partial charge in [-0.25, -0.2) is 0 Å². The van der Waals surface area contributed by atoms with Crippen molar-refractivity contribution in [3.63, 3.8) is 0 Å². The number of nitrogens with two attached hydrogens (primary N) is 1. The van der Waals surface area contributed by atoms with Gasteiger partial charge in [-0.05, 0) is 57.9 Å². The molecule has 2 aliphatic rings. The van der Waals surface area contributed by atoms with E-state index < -0.39 is 0 Å². The molecule has 1 aromatic rings. The van der Waals surface area contributed by atoms with Crippen LogP contribution in [-0.4, -0.2) is 68.2 Å². The van der Waals surface area contributed by atoms with E-state index in [4.69, 9.17) is 15.5 Å². The molecule has 1 aromatic carbocycles. The molecule has 0 bridgehead atoms. The molecule has 27 heavy (non-hydrogen) atoms. The van der Waals surface area contributed by atoms with Gasteiger partial charge in [-0.1, -0.05) is 25.1 Å². The van der Waals surface area contributed by atoms with E-state index in [1.54, 1.807) is 7.11 Å². The van der Waals surface area contributed by atoms with Gasteiger partial charge < -0.3 is 15.8 Å². The average Bonchev–Trinajstić information content (AvgIpc) is 3.38. The normalized spacial score (nSPS) is 22.9. The minimum atomic E-state index is 0.211. The van der Waals surface area contributed by atoms with E-state index >= 15 is 0 Å². The molecule has 150 valence electrons. The lowest BCUT2D eigenvalue weighted by molar-refractivity contribution is 0.245. The van der Waals surface area contributed by atoms with Crippen LogP contribution in [0.4, 0.5) is 0 Å². The summed E-state index contributed by atoms with van der Waals surface area (Å²) in [5, 5.41) is 3.35. The molecule has 2 fully saturated rings. The predicted octanol–water partition coefficient (Wildman–Crippen LogP) is 2.22. The van der Waals surface area contributed by atoms with Crippen molar-refractivity contribution in [1.29, 1.82) is 0 Å². The molecule has 0 saturated carbocycles. The minimum Gasteiger partial charge on any atom is -0.496 e. The van der Waals surface area contributed by atoms with Gasteiger partial charge in [0.15, 0.2) is 5.96 Å². The number of benzene rings is 1. The summed E-state index contributed by atoms with van der Waals surface area (Å²) >= 11 is 0. The number of hydrogen-bond acceptors (Lipinski definition) is 4. The molecule has 2 unspecified atom stereocenters. The summed E-state index contributed by atoms with van der Waals surface area (Å²) in [6.07, 6.45) is 5.02. The third-order valence-corrected chi connectivity index (χ3v) is 5.94. The van der Waals surface area contributed by atoms with Crippen LogP contribution >= 0.6 is 0 Å². The van der Waals surface area contributed by atoms with Crippen LogP contribution in [0.1, 0.15) is 44.2 Å². The Morgan fingerprint density at radius 2 is 2.04 bits per heavy atom. The highest BCUT2D eigenvalue weighted by Gasteiger charge is 2.26.